The highest BCUT2D eigenvalue weighted by atomic mass is 16.5. The molecule has 2 heterocycles. The van der Waals surface area contributed by atoms with E-state index >= 15 is 0 Å². The number of hydrogen-bond acceptors (Lipinski definition) is 5. The highest BCUT2D eigenvalue weighted by molar-refractivity contribution is 5.21. The van der Waals surface area contributed by atoms with Crippen molar-refractivity contribution in [3.8, 4) is 0 Å². The summed E-state index contributed by atoms with van der Waals surface area (Å²) in [6, 6.07) is 2.90. The zero-order valence-corrected chi connectivity index (χ0v) is 13.2. The molecular weight excluding hydrogens is 268 g/mol. The second-order valence-corrected chi connectivity index (χ2v) is 6.19. The smallest absolute Gasteiger partial charge is 0.118 e. The summed E-state index contributed by atoms with van der Waals surface area (Å²) in [4.78, 5) is 2.37. The van der Waals surface area contributed by atoms with E-state index in [4.69, 9.17) is 13.9 Å². The van der Waals surface area contributed by atoms with Crippen molar-refractivity contribution >= 4 is 0 Å². The van der Waals surface area contributed by atoms with Crippen LogP contribution in [0.4, 0.5) is 0 Å². The first-order chi connectivity index (χ1) is 10.2. The SMILES string of the molecule is COC1CN(Cc2cc(CNC3CC3)oc2C)CC1OC. The first-order valence-electron chi connectivity index (χ1n) is 7.79. The molecule has 1 saturated heterocycles. The lowest BCUT2D eigenvalue weighted by Crippen LogP contribution is -2.27. The monoisotopic (exact) mass is 294 g/mol. The van der Waals surface area contributed by atoms with Crippen LogP contribution in [0.2, 0.25) is 0 Å². The van der Waals surface area contributed by atoms with Crippen LogP contribution in [0.1, 0.15) is 29.9 Å². The fraction of sp³-hybridized carbons (Fsp3) is 0.750. The molecule has 2 unspecified atom stereocenters. The summed E-state index contributed by atoms with van der Waals surface area (Å²) >= 11 is 0. The lowest BCUT2D eigenvalue weighted by Gasteiger charge is -2.14. The van der Waals surface area contributed by atoms with Gasteiger partial charge in [0.15, 0.2) is 0 Å². The summed E-state index contributed by atoms with van der Waals surface area (Å²) in [6.45, 7) is 5.61. The van der Waals surface area contributed by atoms with Gasteiger partial charge in [-0.1, -0.05) is 0 Å². The maximum atomic E-state index is 5.86. The zero-order valence-electron chi connectivity index (χ0n) is 13.2. The second kappa shape index (κ2) is 6.48. The molecule has 2 atom stereocenters. The van der Waals surface area contributed by atoms with Gasteiger partial charge in [0.2, 0.25) is 0 Å². The van der Waals surface area contributed by atoms with Crippen LogP contribution >= 0.6 is 0 Å². The van der Waals surface area contributed by atoms with Crippen LogP contribution in [0.15, 0.2) is 10.5 Å². The Kier molecular flexibility index (Phi) is 4.64. The number of ether oxygens (including phenoxy) is 2. The number of furan rings is 1. The summed E-state index contributed by atoms with van der Waals surface area (Å²) in [6.07, 6.45) is 2.94. The molecule has 1 aliphatic heterocycles. The van der Waals surface area contributed by atoms with Crippen LogP contribution in [0.5, 0.6) is 0 Å². The molecule has 0 radical (unpaired) electrons. The van der Waals surface area contributed by atoms with E-state index in [1.54, 1.807) is 14.2 Å². The standard InChI is InChI=1S/C16H26N2O3/c1-11-12(6-14(21-11)7-17-13-4-5-13)8-18-9-15(19-2)16(10-18)20-3/h6,13,15-17H,4-5,7-10H2,1-3H3. The van der Waals surface area contributed by atoms with E-state index in [1.165, 1.54) is 18.4 Å². The first-order valence-corrected chi connectivity index (χ1v) is 7.79. The fourth-order valence-electron chi connectivity index (χ4n) is 3.01. The van der Waals surface area contributed by atoms with E-state index in [0.717, 1.165) is 37.7 Å². The fourth-order valence-corrected chi connectivity index (χ4v) is 3.01. The summed E-state index contributed by atoms with van der Waals surface area (Å²) in [5, 5.41) is 3.49. The number of likely N-dealkylation sites (tertiary alicyclic amines) is 1. The molecule has 1 N–H and O–H groups in total. The van der Waals surface area contributed by atoms with Crippen molar-refractivity contribution in [2.24, 2.45) is 0 Å². The van der Waals surface area contributed by atoms with Gasteiger partial charge in [0.1, 0.15) is 11.5 Å². The van der Waals surface area contributed by atoms with E-state index in [1.807, 2.05) is 6.92 Å². The Morgan fingerprint density at radius 2 is 1.90 bits per heavy atom. The minimum absolute atomic E-state index is 0.165. The van der Waals surface area contributed by atoms with Gasteiger partial charge in [-0.15, -0.1) is 0 Å². The molecule has 3 rings (SSSR count). The Hall–Kier alpha value is -0.880. The summed E-state index contributed by atoms with van der Waals surface area (Å²) < 4.78 is 16.8. The average Bonchev–Trinajstić information content (AvgIpc) is 3.13. The van der Waals surface area contributed by atoms with E-state index in [0.29, 0.717) is 6.04 Å². The normalized spacial score (nSPS) is 26.6. The Morgan fingerprint density at radius 3 is 2.48 bits per heavy atom. The van der Waals surface area contributed by atoms with Crippen molar-refractivity contribution in [1.29, 1.82) is 0 Å². The van der Waals surface area contributed by atoms with Gasteiger partial charge in [0.25, 0.3) is 0 Å². The van der Waals surface area contributed by atoms with Crippen molar-refractivity contribution in [2.75, 3.05) is 27.3 Å². The number of nitrogens with zero attached hydrogens (tertiary/aromatic N) is 1. The van der Waals surface area contributed by atoms with Crippen LogP contribution in [0.25, 0.3) is 0 Å². The van der Waals surface area contributed by atoms with Gasteiger partial charge in [-0.3, -0.25) is 4.90 Å². The number of aryl methyl sites for hydroxylation is 1. The quantitative estimate of drug-likeness (QED) is 0.829. The van der Waals surface area contributed by atoms with E-state index < -0.39 is 0 Å². The van der Waals surface area contributed by atoms with Gasteiger partial charge >= 0.3 is 0 Å². The Morgan fingerprint density at radius 1 is 1.24 bits per heavy atom. The maximum Gasteiger partial charge on any atom is 0.118 e. The molecule has 1 saturated carbocycles. The molecule has 0 bridgehead atoms. The summed E-state index contributed by atoms with van der Waals surface area (Å²) in [5.74, 6) is 2.07. The van der Waals surface area contributed by atoms with Crippen molar-refractivity contribution in [2.45, 2.75) is 51.1 Å². The number of nitrogens with one attached hydrogen (secondary N) is 1. The molecular formula is C16H26N2O3. The molecule has 0 amide bonds. The average molecular weight is 294 g/mol. The van der Waals surface area contributed by atoms with Gasteiger partial charge in [-0.05, 0) is 25.8 Å². The predicted octanol–water partition coefficient (Wildman–Crippen LogP) is 1.69. The molecule has 1 aromatic heterocycles. The van der Waals surface area contributed by atoms with Gasteiger partial charge in [-0.2, -0.15) is 0 Å². The predicted molar refractivity (Wildman–Crippen MR) is 80.2 cm³/mol. The van der Waals surface area contributed by atoms with Crippen molar-refractivity contribution in [3.05, 3.63) is 23.2 Å². The Labute approximate surface area is 126 Å². The molecule has 5 nitrogen and oxygen atoms in total. The van der Waals surface area contributed by atoms with Crippen molar-refractivity contribution in [3.63, 3.8) is 0 Å². The molecule has 0 spiro atoms. The van der Waals surface area contributed by atoms with Gasteiger partial charge in [-0.25, -0.2) is 0 Å². The Bertz CT molecular complexity index is 458. The number of methoxy groups -OCH3 is 2. The highest BCUT2D eigenvalue weighted by Gasteiger charge is 2.33. The van der Waals surface area contributed by atoms with Crippen molar-refractivity contribution < 1.29 is 13.9 Å². The molecule has 2 fully saturated rings. The van der Waals surface area contributed by atoms with E-state index in [2.05, 4.69) is 16.3 Å². The minimum atomic E-state index is 0.165. The molecule has 0 aromatic carbocycles. The highest BCUT2D eigenvalue weighted by Crippen LogP contribution is 2.23. The third kappa shape index (κ3) is 3.66. The second-order valence-electron chi connectivity index (χ2n) is 6.19. The zero-order chi connectivity index (χ0) is 14.8. The third-order valence-electron chi connectivity index (χ3n) is 4.50. The van der Waals surface area contributed by atoms with E-state index in [9.17, 15) is 0 Å². The topological polar surface area (TPSA) is 46.9 Å². The molecule has 21 heavy (non-hydrogen) atoms. The van der Waals surface area contributed by atoms with Gasteiger partial charge in [0.05, 0.1) is 18.8 Å². The Balaban J connectivity index is 1.56. The van der Waals surface area contributed by atoms with Crippen LogP contribution < -0.4 is 5.32 Å². The van der Waals surface area contributed by atoms with Gasteiger partial charge < -0.3 is 19.2 Å². The summed E-state index contributed by atoms with van der Waals surface area (Å²) in [7, 11) is 3.51. The molecule has 1 aromatic rings. The lowest BCUT2D eigenvalue weighted by atomic mass is 10.2. The van der Waals surface area contributed by atoms with Crippen LogP contribution in [0, 0.1) is 6.92 Å². The number of hydrogen-bond donors (Lipinski definition) is 1. The molecule has 1 aliphatic carbocycles. The van der Waals surface area contributed by atoms with E-state index in [-0.39, 0.29) is 12.2 Å². The maximum absolute atomic E-state index is 5.86. The van der Waals surface area contributed by atoms with Crippen LogP contribution in [0.3, 0.4) is 0 Å². The number of rotatable bonds is 7. The van der Waals surface area contributed by atoms with Crippen molar-refractivity contribution in [1.82, 2.24) is 10.2 Å². The minimum Gasteiger partial charge on any atom is -0.465 e. The van der Waals surface area contributed by atoms with Crippen LogP contribution in [-0.4, -0.2) is 50.5 Å². The molecule has 2 aliphatic rings. The lowest BCUT2D eigenvalue weighted by molar-refractivity contribution is -0.00461. The summed E-state index contributed by atoms with van der Waals surface area (Å²) in [5.41, 5.74) is 1.27. The van der Waals surface area contributed by atoms with Crippen LogP contribution in [-0.2, 0) is 22.6 Å². The first kappa shape index (κ1) is 15.0. The molecule has 118 valence electrons. The van der Waals surface area contributed by atoms with Gasteiger partial charge in [0, 0.05) is 45.5 Å². The third-order valence-corrected chi connectivity index (χ3v) is 4.50. The largest absolute Gasteiger partial charge is 0.465 e. The molecule has 5 heteroatoms.